The molecule has 1 aliphatic rings. The van der Waals surface area contributed by atoms with Crippen molar-refractivity contribution in [2.45, 2.75) is 12.6 Å². The normalized spacial score (nSPS) is 19.1. The number of nitrogens with two attached hydrogens (primary N) is 1. The van der Waals surface area contributed by atoms with Crippen molar-refractivity contribution in [2.75, 3.05) is 25.6 Å². The minimum atomic E-state index is -0.0461. The Bertz CT molecular complexity index is 597. The molecule has 3 rings (SSSR count). The van der Waals surface area contributed by atoms with E-state index in [1.54, 1.807) is 16.8 Å². The van der Waals surface area contributed by atoms with E-state index in [1.165, 1.54) is 0 Å². The molecule has 1 fully saturated rings. The van der Waals surface area contributed by atoms with Crippen molar-refractivity contribution in [3.05, 3.63) is 23.2 Å². The van der Waals surface area contributed by atoms with Gasteiger partial charge in [0.05, 0.1) is 37.1 Å². The summed E-state index contributed by atoms with van der Waals surface area (Å²) < 4.78 is 12.6. The van der Waals surface area contributed by atoms with Crippen molar-refractivity contribution < 1.29 is 9.47 Å². The topological polar surface area (TPSA) is 88.1 Å². The van der Waals surface area contributed by atoms with Crippen LogP contribution < -0.4 is 5.73 Å². The molecule has 0 bridgehead atoms. The highest BCUT2D eigenvalue weighted by Gasteiger charge is 2.18. The van der Waals surface area contributed by atoms with Gasteiger partial charge in [-0.05, 0) is 28.6 Å². The largest absolute Gasteiger partial charge is 0.398 e. The molecule has 1 saturated heterocycles. The number of aromatic nitrogens is 4. The van der Waals surface area contributed by atoms with E-state index in [2.05, 4.69) is 15.5 Å². The van der Waals surface area contributed by atoms with Gasteiger partial charge in [0.15, 0.2) is 5.82 Å². The Labute approximate surface area is 120 Å². The van der Waals surface area contributed by atoms with E-state index in [0.717, 1.165) is 5.56 Å². The Morgan fingerprint density at radius 1 is 1.40 bits per heavy atom. The molecule has 20 heavy (non-hydrogen) atoms. The first-order chi connectivity index (χ1) is 9.74. The molecule has 1 unspecified atom stereocenters. The maximum atomic E-state index is 6.03. The molecule has 0 saturated carbocycles. The monoisotopic (exact) mass is 295 g/mol. The molecule has 1 atom stereocenters. The third kappa shape index (κ3) is 2.74. The molecule has 1 aromatic carbocycles. The van der Waals surface area contributed by atoms with Crippen molar-refractivity contribution in [3.8, 4) is 11.4 Å². The number of rotatable bonds is 3. The van der Waals surface area contributed by atoms with Crippen LogP contribution in [0.15, 0.2) is 18.2 Å². The van der Waals surface area contributed by atoms with E-state index < -0.39 is 0 Å². The third-order valence-corrected chi connectivity index (χ3v) is 3.38. The Morgan fingerprint density at radius 2 is 2.30 bits per heavy atom. The molecule has 1 aliphatic heterocycles. The second kappa shape index (κ2) is 5.74. The van der Waals surface area contributed by atoms with Gasteiger partial charge in [-0.3, -0.25) is 0 Å². The fraction of sp³-hybridized carbons (Fsp3) is 0.417. The highest BCUT2D eigenvalue weighted by atomic mass is 35.5. The highest BCUT2D eigenvalue weighted by molar-refractivity contribution is 6.33. The van der Waals surface area contributed by atoms with Crippen LogP contribution in [0.3, 0.4) is 0 Å². The molecule has 7 nitrogen and oxygen atoms in total. The van der Waals surface area contributed by atoms with Crippen molar-refractivity contribution in [1.82, 2.24) is 20.2 Å². The molecular formula is C12H14ClN5O2. The molecule has 0 amide bonds. The van der Waals surface area contributed by atoms with Crippen LogP contribution in [0.5, 0.6) is 0 Å². The van der Waals surface area contributed by atoms with Crippen molar-refractivity contribution in [2.24, 2.45) is 0 Å². The first kappa shape index (κ1) is 13.3. The number of anilines is 1. The Hall–Kier alpha value is -1.70. The van der Waals surface area contributed by atoms with E-state index in [9.17, 15) is 0 Å². The molecule has 0 radical (unpaired) electrons. The van der Waals surface area contributed by atoms with Gasteiger partial charge in [0.2, 0.25) is 0 Å². The van der Waals surface area contributed by atoms with E-state index in [1.807, 2.05) is 6.07 Å². The average molecular weight is 296 g/mol. The number of halogens is 1. The molecule has 0 spiro atoms. The van der Waals surface area contributed by atoms with E-state index >= 15 is 0 Å². The predicted molar refractivity (Wildman–Crippen MR) is 73.2 cm³/mol. The molecular weight excluding hydrogens is 282 g/mol. The Morgan fingerprint density at radius 3 is 3.05 bits per heavy atom. The van der Waals surface area contributed by atoms with Gasteiger partial charge in [0, 0.05) is 5.56 Å². The summed E-state index contributed by atoms with van der Waals surface area (Å²) in [7, 11) is 0. The molecule has 0 aliphatic carbocycles. The zero-order valence-electron chi connectivity index (χ0n) is 10.7. The molecule has 8 heteroatoms. The number of nitrogens with zero attached hydrogens (tertiary/aromatic N) is 4. The fourth-order valence-electron chi connectivity index (χ4n) is 2.04. The Balaban J connectivity index is 1.83. The lowest BCUT2D eigenvalue weighted by Crippen LogP contribution is -2.32. The molecule has 2 aromatic rings. The quantitative estimate of drug-likeness (QED) is 0.850. The van der Waals surface area contributed by atoms with Crippen LogP contribution in [0, 0.1) is 0 Å². The zero-order chi connectivity index (χ0) is 13.9. The van der Waals surface area contributed by atoms with Gasteiger partial charge in [0.25, 0.3) is 0 Å². The van der Waals surface area contributed by atoms with Crippen LogP contribution in [0.1, 0.15) is 0 Å². The second-order valence-electron chi connectivity index (χ2n) is 4.49. The summed E-state index contributed by atoms with van der Waals surface area (Å²) >= 11 is 6.03. The number of hydrogen-bond acceptors (Lipinski definition) is 6. The minimum Gasteiger partial charge on any atom is -0.398 e. The van der Waals surface area contributed by atoms with Crippen LogP contribution in [0.25, 0.3) is 11.4 Å². The van der Waals surface area contributed by atoms with Gasteiger partial charge in [-0.1, -0.05) is 11.6 Å². The van der Waals surface area contributed by atoms with Gasteiger partial charge in [-0.2, -0.15) is 0 Å². The summed E-state index contributed by atoms with van der Waals surface area (Å²) in [6.07, 6.45) is -0.0461. The number of ether oxygens (including phenoxy) is 2. The summed E-state index contributed by atoms with van der Waals surface area (Å²) in [5.74, 6) is 0.626. The number of benzene rings is 1. The highest BCUT2D eigenvalue weighted by Crippen LogP contribution is 2.25. The van der Waals surface area contributed by atoms with Gasteiger partial charge < -0.3 is 15.2 Å². The van der Waals surface area contributed by atoms with Crippen molar-refractivity contribution in [3.63, 3.8) is 0 Å². The summed E-state index contributed by atoms with van der Waals surface area (Å²) in [5.41, 5.74) is 7.04. The summed E-state index contributed by atoms with van der Waals surface area (Å²) in [5, 5.41) is 12.2. The van der Waals surface area contributed by atoms with Crippen LogP contribution in [0.2, 0.25) is 5.02 Å². The van der Waals surface area contributed by atoms with Crippen molar-refractivity contribution >= 4 is 17.3 Å². The van der Waals surface area contributed by atoms with Gasteiger partial charge in [-0.15, -0.1) is 5.10 Å². The van der Waals surface area contributed by atoms with Crippen LogP contribution in [-0.4, -0.2) is 46.1 Å². The predicted octanol–water partition coefficient (Wildman–Crippen LogP) is 0.991. The second-order valence-corrected chi connectivity index (χ2v) is 4.90. The number of tetrazole rings is 1. The molecule has 2 heterocycles. The van der Waals surface area contributed by atoms with Crippen LogP contribution >= 0.6 is 11.6 Å². The van der Waals surface area contributed by atoms with E-state index in [-0.39, 0.29) is 6.10 Å². The molecule has 106 valence electrons. The maximum absolute atomic E-state index is 6.03. The molecule has 1 aromatic heterocycles. The SMILES string of the molecule is Nc1ccc(-c2nnnn2CC2COCCO2)cc1Cl. The Kier molecular flexibility index (Phi) is 3.81. The molecule has 2 N–H and O–H groups in total. The van der Waals surface area contributed by atoms with Crippen molar-refractivity contribution in [1.29, 1.82) is 0 Å². The van der Waals surface area contributed by atoms with Crippen LogP contribution in [-0.2, 0) is 16.0 Å². The van der Waals surface area contributed by atoms with E-state index in [0.29, 0.717) is 42.9 Å². The first-order valence-electron chi connectivity index (χ1n) is 6.25. The zero-order valence-corrected chi connectivity index (χ0v) is 11.5. The lowest BCUT2D eigenvalue weighted by molar-refractivity contribution is -0.0946. The van der Waals surface area contributed by atoms with Gasteiger partial charge in [0.1, 0.15) is 6.10 Å². The number of hydrogen-bond donors (Lipinski definition) is 1. The smallest absolute Gasteiger partial charge is 0.182 e. The van der Waals surface area contributed by atoms with Crippen LogP contribution in [0.4, 0.5) is 5.69 Å². The lowest BCUT2D eigenvalue weighted by Gasteiger charge is -2.22. The summed E-state index contributed by atoms with van der Waals surface area (Å²) in [6, 6.07) is 5.32. The first-order valence-corrected chi connectivity index (χ1v) is 6.63. The van der Waals surface area contributed by atoms with E-state index in [4.69, 9.17) is 26.8 Å². The standard InChI is InChI=1S/C12H14ClN5O2/c13-10-5-8(1-2-11(10)14)12-15-16-17-18(12)6-9-7-19-3-4-20-9/h1-2,5,9H,3-4,6-7,14H2. The fourth-order valence-corrected chi connectivity index (χ4v) is 2.22. The maximum Gasteiger partial charge on any atom is 0.182 e. The number of nitrogen functional groups attached to an aromatic ring is 1. The van der Waals surface area contributed by atoms with Gasteiger partial charge in [-0.25, -0.2) is 4.68 Å². The summed E-state index contributed by atoms with van der Waals surface area (Å²) in [6.45, 7) is 2.30. The third-order valence-electron chi connectivity index (χ3n) is 3.05. The summed E-state index contributed by atoms with van der Waals surface area (Å²) in [4.78, 5) is 0. The average Bonchev–Trinajstić information content (AvgIpc) is 2.91. The lowest BCUT2D eigenvalue weighted by atomic mass is 10.2. The van der Waals surface area contributed by atoms with Gasteiger partial charge >= 0.3 is 0 Å². The minimum absolute atomic E-state index is 0.0461.